The monoisotopic (exact) mass is 352 g/mol. The summed E-state index contributed by atoms with van der Waals surface area (Å²) >= 11 is 7.37. The zero-order valence-corrected chi connectivity index (χ0v) is 13.7. The van der Waals surface area contributed by atoms with Crippen LogP contribution in [0.25, 0.3) is 0 Å². The van der Waals surface area contributed by atoms with Crippen molar-refractivity contribution in [2.45, 2.75) is 11.0 Å². The molecule has 0 aliphatic carbocycles. The molecule has 1 aromatic heterocycles. The number of halogens is 2. The molecule has 1 saturated heterocycles. The minimum absolute atomic E-state index is 0.0336. The van der Waals surface area contributed by atoms with E-state index in [1.807, 2.05) is 0 Å². The summed E-state index contributed by atoms with van der Waals surface area (Å²) in [6, 6.07) is 9.55. The van der Waals surface area contributed by atoms with E-state index in [0.717, 1.165) is 4.90 Å². The Balaban J connectivity index is 1.43. The normalized spacial score (nSPS) is 14.4. The molecule has 0 saturated carbocycles. The Morgan fingerprint density at radius 2 is 2.09 bits per heavy atom. The van der Waals surface area contributed by atoms with Crippen LogP contribution >= 0.6 is 23.4 Å². The Hall–Kier alpha value is -1.79. The molecule has 0 radical (unpaired) electrons. The highest BCUT2D eigenvalue weighted by atomic mass is 35.5. The van der Waals surface area contributed by atoms with E-state index in [1.54, 1.807) is 35.4 Å². The highest BCUT2D eigenvalue weighted by molar-refractivity contribution is 8.00. The minimum Gasteiger partial charge on any atom is -0.470 e. The Morgan fingerprint density at radius 3 is 2.78 bits per heavy atom. The van der Waals surface area contributed by atoms with Gasteiger partial charge in [-0.2, -0.15) is 0 Å². The van der Waals surface area contributed by atoms with Gasteiger partial charge in [0.2, 0.25) is 11.8 Å². The van der Waals surface area contributed by atoms with Crippen LogP contribution in [-0.4, -0.2) is 40.7 Å². The van der Waals surface area contributed by atoms with Crippen LogP contribution < -0.4 is 4.74 Å². The van der Waals surface area contributed by atoms with Crippen LogP contribution in [0.5, 0.6) is 5.88 Å². The van der Waals surface area contributed by atoms with Crippen molar-refractivity contribution < 1.29 is 13.9 Å². The van der Waals surface area contributed by atoms with Gasteiger partial charge in [0.25, 0.3) is 0 Å². The first-order valence-electron chi connectivity index (χ1n) is 7.05. The smallest absolute Gasteiger partial charge is 0.233 e. The average Bonchev–Trinajstić information content (AvgIpc) is 2.51. The number of thioether (sulfide) groups is 1. The minimum atomic E-state index is -0.281. The molecule has 0 N–H and O–H groups in total. The van der Waals surface area contributed by atoms with Crippen LogP contribution in [-0.2, 0) is 4.79 Å². The summed E-state index contributed by atoms with van der Waals surface area (Å²) in [5.74, 6) is 0.470. The maximum atomic E-state index is 12.8. The molecule has 2 aromatic rings. The molecule has 7 heteroatoms. The first kappa shape index (κ1) is 16.1. The molecule has 2 heterocycles. The number of hydrogen-bond acceptors (Lipinski definition) is 4. The number of pyridine rings is 1. The second kappa shape index (κ2) is 7.19. The standard InChI is InChI=1S/C16H14ClFN2O2S/c17-14-2-1-7-19-16(14)22-12-8-20(9-12)15(21)10-23-13-5-3-11(18)4-6-13/h1-7,12H,8-10H2. The lowest BCUT2D eigenvalue weighted by molar-refractivity contribution is -0.137. The van der Waals surface area contributed by atoms with Gasteiger partial charge in [0, 0.05) is 11.1 Å². The average molecular weight is 353 g/mol. The molecule has 0 bridgehead atoms. The SMILES string of the molecule is O=C(CSc1ccc(F)cc1)N1CC(Oc2ncccc2Cl)C1. The summed E-state index contributed by atoms with van der Waals surface area (Å²) in [4.78, 5) is 18.7. The summed E-state index contributed by atoms with van der Waals surface area (Å²) < 4.78 is 18.5. The van der Waals surface area contributed by atoms with Gasteiger partial charge in [0.05, 0.1) is 18.8 Å². The maximum Gasteiger partial charge on any atom is 0.233 e. The third-order valence-corrected chi connectivity index (χ3v) is 4.66. The molecule has 120 valence electrons. The Kier molecular flexibility index (Phi) is 5.03. The zero-order valence-electron chi connectivity index (χ0n) is 12.1. The largest absolute Gasteiger partial charge is 0.470 e. The molecule has 4 nitrogen and oxygen atoms in total. The van der Waals surface area contributed by atoms with Gasteiger partial charge < -0.3 is 9.64 Å². The molecule has 1 fully saturated rings. The van der Waals surface area contributed by atoms with Crippen LogP contribution in [0, 0.1) is 5.82 Å². The van der Waals surface area contributed by atoms with E-state index < -0.39 is 0 Å². The first-order chi connectivity index (χ1) is 11.1. The molecule has 23 heavy (non-hydrogen) atoms. The zero-order chi connectivity index (χ0) is 16.2. The van der Waals surface area contributed by atoms with Crippen molar-refractivity contribution in [1.82, 2.24) is 9.88 Å². The number of ether oxygens (including phenoxy) is 1. The lowest BCUT2D eigenvalue weighted by Gasteiger charge is -2.38. The molecule has 3 rings (SSSR count). The first-order valence-corrected chi connectivity index (χ1v) is 8.41. The van der Waals surface area contributed by atoms with E-state index in [1.165, 1.54) is 23.9 Å². The van der Waals surface area contributed by atoms with Crippen molar-refractivity contribution >= 4 is 29.3 Å². The third-order valence-electron chi connectivity index (χ3n) is 3.38. The summed E-state index contributed by atoms with van der Waals surface area (Å²) in [7, 11) is 0. The molecular formula is C16H14ClFN2O2S. The Bertz CT molecular complexity index is 693. The second-order valence-corrected chi connectivity index (χ2v) is 6.53. The van der Waals surface area contributed by atoms with Crippen molar-refractivity contribution in [2.75, 3.05) is 18.8 Å². The molecule has 1 aliphatic rings. The number of carbonyl (C=O) groups is 1. The van der Waals surface area contributed by atoms with Gasteiger partial charge in [-0.3, -0.25) is 4.79 Å². The van der Waals surface area contributed by atoms with Crippen LogP contribution in [0.1, 0.15) is 0 Å². The van der Waals surface area contributed by atoms with Crippen molar-refractivity contribution in [3.63, 3.8) is 0 Å². The molecule has 0 spiro atoms. The van der Waals surface area contributed by atoms with E-state index in [4.69, 9.17) is 16.3 Å². The molecule has 0 atom stereocenters. The van der Waals surface area contributed by atoms with E-state index in [9.17, 15) is 9.18 Å². The fourth-order valence-corrected chi connectivity index (χ4v) is 3.07. The van der Waals surface area contributed by atoms with Gasteiger partial charge in [0.1, 0.15) is 16.9 Å². The Labute approximate surface area is 142 Å². The summed E-state index contributed by atoms with van der Waals surface area (Å²) in [6.07, 6.45) is 1.53. The van der Waals surface area contributed by atoms with Crippen molar-refractivity contribution in [2.24, 2.45) is 0 Å². The van der Waals surface area contributed by atoms with Gasteiger partial charge in [-0.05, 0) is 36.4 Å². The van der Waals surface area contributed by atoms with Crippen molar-refractivity contribution in [3.8, 4) is 5.88 Å². The molecule has 0 unspecified atom stereocenters. The van der Waals surface area contributed by atoms with Crippen LogP contribution in [0.15, 0.2) is 47.5 Å². The summed E-state index contributed by atoms with van der Waals surface area (Å²) in [5.41, 5.74) is 0. The number of nitrogens with zero attached hydrogens (tertiary/aromatic N) is 2. The predicted octanol–water partition coefficient (Wildman–Crippen LogP) is 3.26. The number of amides is 1. The molecule has 1 aromatic carbocycles. The van der Waals surface area contributed by atoms with Crippen molar-refractivity contribution in [1.29, 1.82) is 0 Å². The summed E-state index contributed by atoms with van der Waals surface area (Å²) in [6.45, 7) is 1.05. The van der Waals surface area contributed by atoms with Gasteiger partial charge in [0.15, 0.2) is 0 Å². The van der Waals surface area contributed by atoms with Crippen molar-refractivity contribution in [3.05, 3.63) is 53.4 Å². The van der Waals surface area contributed by atoms with E-state index in [-0.39, 0.29) is 17.8 Å². The van der Waals surface area contributed by atoms with E-state index in [0.29, 0.717) is 29.7 Å². The van der Waals surface area contributed by atoms with Gasteiger partial charge in [-0.15, -0.1) is 11.8 Å². The molecule has 1 amide bonds. The lowest BCUT2D eigenvalue weighted by Crippen LogP contribution is -2.56. The molecule has 1 aliphatic heterocycles. The third kappa shape index (κ3) is 4.14. The van der Waals surface area contributed by atoms with Crippen LogP contribution in [0.2, 0.25) is 5.02 Å². The van der Waals surface area contributed by atoms with E-state index in [2.05, 4.69) is 4.98 Å². The highest BCUT2D eigenvalue weighted by Crippen LogP contribution is 2.25. The quantitative estimate of drug-likeness (QED) is 0.775. The number of benzene rings is 1. The fraction of sp³-hybridized carbons (Fsp3) is 0.250. The van der Waals surface area contributed by atoms with Crippen LogP contribution in [0.3, 0.4) is 0 Å². The lowest BCUT2D eigenvalue weighted by atomic mass is 10.2. The summed E-state index contributed by atoms with van der Waals surface area (Å²) in [5, 5.41) is 0.462. The topological polar surface area (TPSA) is 42.4 Å². The maximum absolute atomic E-state index is 12.8. The van der Waals surface area contributed by atoms with Gasteiger partial charge >= 0.3 is 0 Å². The number of aromatic nitrogens is 1. The number of likely N-dealkylation sites (tertiary alicyclic amines) is 1. The molecular weight excluding hydrogens is 339 g/mol. The van der Waals surface area contributed by atoms with E-state index >= 15 is 0 Å². The number of hydrogen-bond donors (Lipinski definition) is 0. The van der Waals surface area contributed by atoms with Gasteiger partial charge in [-0.25, -0.2) is 9.37 Å². The number of carbonyl (C=O) groups excluding carboxylic acids is 1. The van der Waals surface area contributed by atoms with Crippen LogP contribution in [0.4, 0.5) is 4.39 Å². The second-order valence-electron chi connectivity index (χ2n) is 5.07. The Morgan fingerprint density at radius 1 is 1.35 bits per heavy atom. The predicted molar refractivity (Wildman–Crippen MR) is 87.4 cm³/mol. The van der Waals surface area contributed by atoms with Gasteiger partial charge in [-0.1, -0.05) is 11.6 Å². The highest BCUT2D eigenvalue weighted by Gasteiger charge is 2.32. The number of rotatable bonds is 5. The fourth-order valence-electron chi connectivity index (χ4n) is 2.10.